The van der Waals surface area contributed by atoms with E-state index in [4.69, 9.17) is 0 Å². The number of carbonyl (C=O) groups excluding carboxylic acids is 1. The van der Waals surface area contributed by atoms with Gasteiger partial charge in [0.25, 0.3) is 5.91 Å². The summed E-state index contributed by atoms with van der Waals surface area (Å²) in [6.45, 7) is 0. The van der Waals surface area contributed by atoms with Crippen LogP contribution >= 0.6 is 0 Å². The molecule has 2 N–H and O–H groups in total. The summed E-state index contributed by atoms with van der Waals surface area (Å²) in [5.74, 6) is -0.946. The minimum Gasteiger partial charge on any atom is -0.507 e. The van der Waals surface area contributed by atoms with Crippen LogP contribution in [-0.4, -0.2) is 20.8 Å². The molecule has 5 nitrogen and oxygen atoms in total. The number of hydrogen-bond acceptors (Lipinski definition) is 3. The average molecular weight is 415 g/mol. The fraction of sp³-hybridized carbons (Fsp3) is 0.111. The number of amides is 1. The Morgan fingerprint density at radius 1 is 0.931 bits per heavy atom. The summed E-state index contributed by atoms with van der Waals surface area (Å²) >= 11 is 0. The van der Waals surface area contributed by atoms with Gasteiger partial charge in [-0.05, 0) is 36.4 Å². The van der Waals surface area contributed by atoms with Crippen molar-refractivity contribution in [2.45, 2.75) is 12.4 Å². The van der Waals surface area contributed by atoms with Crippen LogP contribution in [0.1, 0.15) is 21.7 Å². The first-order chi connectivity index (χ1) is 13.5. The van der Waals surface area contributed by atoms with E-state index in [1.54, 1.807) is 0 Å². The first-order valence-corrected chi connectivity index (χ1v) is 7.91. The van der Waals surface area contributed by atoms with Gasteiger partial charge >= 0.3 is 12.4 Å². The second-order valence-electron chi connectivity index (χ2n) is 5.84. The molecular formula is C18H11F6N3O2. The van der Waals surface area contributed by atoms with Crippen LogP contribution in [0.15, 0.2) is 54.6 Å². The number of aromatic nitrogens is 2. The fourth-order valence-corrected chi connectivity index (χ4v) is 2.47. The number of nitrogens with zero attached hydrogens (tertiary/aromatic N) is 2. The predicted molar refractivity (Wildman–Crippen MR) is 89.6 cm³/mol. The van der Waals surface area contributed by atoms with Gasteiger partial charge in [-0.3, -0.25) is 4.79 Å². The first kappa shape index (κ1) is 20.2. The zero-order valence-corrected chi connectivity index (χ0v) is 14.2. The number of benzene rings is 2. The number of para-hydroxylation sites is 1. The molecule has 0 aliphatic rings. The minimum atomic E-state index is -5.06. The summed E-state index contributed by atoms with van der Waals surface area (Å²) < 4.78 is 77.8. The Balaban J connectivity index is 1.90. The van der Waals surface area contributed by atoms with Crippen molar-refractivity contribution in [2.24, 2.45) is 0 Å². The van der Waals surface area contributed by atoms with Crippen LogP contribution in [0.3, 0.4) is 0 Å². The van der Waals surface area contributed by atoms with Crippen LogP contribution in [0.5, 0.6) is 5.75 Å². The molecule has 0 saturated heterocycles. The van der Waals surface area contributed by atoms with E-state index in [1.165, 1.54) is 36.4 Å². The molecule has 0 aliphatic heterocycles. The van der Waals surface area contributed by atoms with Crippen LogP contribution < -0.4 is 5.32 Å². The Bertz CT molecular complexity index is 1040. The molecule has 0 saturated carbocycles. The number of aromatic hydroxyl groups is 1. The summed E-state index contributed by atoms with van der Waals surface area (Å²) in [6, 6.07) is 10.2. The van der Waals surface area contributed by atoms with Gasteiger partial charge in [-0.1, -0.05) is 12.1 Å². The van der Waals surface area contributed by atoms with Gasteiger partial charge in [0.1, 0.15) is 11.4 Å². The highest BCUT2D eigenvalue weighted by Gasteiger charge is 2.42. The third-order valence-electron chi connectivity index (χ3n) is 3.81. The van der Waals surface area contributed by atoms with Crippen LogP contribution in [0.25, 0.3) is 5.69 Å². The van der Waals surface area contributed by atoms with E-state index in [0.717, 1.165) is 12.1 Å². The highest BCUT2D eigenvalue weighted by molar-refractivity contribution is 6.06. The molecule has 0 spiro atoms. The maximum absolute atomic E-state index is 13.1. The summed E-state index contributed by atoms with van der Waals surface area (Å²) in [4.78, 5) is 12.1. The van der Waals surface area contributed by atoms with E-state index in [-0.39, 0.29) is 33.4 Å². The van der Waals surface area contributed by atoms with E-state index in [2.05, 4.69) is 10.4 Å². The predicted octanol–water partition coefficient (Wildman–Crippen LogP) is 4.87. The smallest absolute Gasteiger partial charge is 0.435 e. The summed E-state index contributed by atoms with van der Waals surface area (Å²) in [5.41, 5.74) is -3.43. The zero-order chi connectivity index (χ0) is 21.4. The van der Waals surface area contributed by atoms with E-state index in [0.29, 0.717) is 0 Å². The van der Waals surface area contributed by atoms with Gasteiger partial charge in [-0.15, -0.1) is 0 Å². The molecular weight excluding hydrogens is 404 g/mol. The molecule has 1 amide bonds. The summed E-state index contributed by atoms with van der Waals surface area (Å²) in [7, 11) is 0. The molecule has 152 valence electrons. The summed E-state index contributed by atoms with van der Waals surface area (Å²) in [5, 5.41) is 15.1. The van der Waals surface area contributed by atoms with Crippen molar-refractivity contribution in [1.82, 2.24) is 9.78 Å². The van der Waals surface area contributed by atoms with Gasteiger partial charge in [-0.2, -0.15) is 31.4 Å². The van der Waals surface area contributed by atoms with E-state index < -0.39 is 29.6 Å². The van der Waals surface area contributed by atoms with Crippen molar-refractivity contribution in [2.75, 3.05) is 5.32 Å². The number of phenolic OH excluding ortho intramolecular Hbond substituents is 1. The van der Waals surface area contributed by atoms with Crippen molar-refractivity contribution in [3.8, 4) is 11.4 Å². The van der Waals surface area contributed by atoms with Gasteiger partial charge in [-0.25, -0.2) is 4.68 Å². The average Bonchev–Trinajstić information content (AvgIpc) is 3.09. The van der Waals surface area contributed by atoms with Crippen LogP contribution in [0, 0.1) is 0 Å². The molecule has 3 aromatic rings. The van der Waals surface area contributed by atoms with Gasteiger partial charge in [0.2, 0.25) is 0 Å². The zero-order valence-electron chi connectivity index (χ0n) is 14.2. The molecule has 11 heteroatoms. The molecule has 0 fully saturated rings. The normalized spacial score (nSPS) is 12.1. The van der Waals surface area contributed by atoms with E-state index in [1.807, 2.05) is 0 Å². The van der Waals surface area contributed by atoms with Gasteiger partial charge in [0.15, 0.2) is 5.69 Å². The third-order valence-corrected chi connectivity index (χ3v) is 3.81. The van der Waals surface area contributed by atoms with Crippen molar-refractivity contribution in [3.05, 3.63) is 71.5 Å². The maximum atomic E-state index is 13.1. The fourth-order valence-electron chi connectivity index (χ4n) is 2.47. The highest BCUT2D eigenvalue weighted by atomic mass is 19.4. The molecule has 0 atom stereocenters. The van der Waals surface area contributed by atoms with Crippen molar-refractivity contribution in [1.29, 1.82) is 0 Å². The largest absolute Gasteiger partial charge is 0.507 e. The standard InChI is InChI=1S/C18H11F6N3O2/c19-17(20,21)14-9-15(18(22,23)24)27(26-14)11-7-5-10(6-8-11)25-16(29)12-3-1-2-4-13(12)28/h1-9,28H,(H,25,29). The second-order valence-corrected chi connectivity index (χ2v) is 5.84. The summed E-state index contributed by atoms with van der Waals surface area (Å²) in [6.07, 6.45) is -10.1. The quantitative estimate of drug-likeness (QED) is 0.600. The van der Waals surface area contributed by atoms with E-state index >= 15 is 0 Å². The van der Waals surface area contributed by atoms with Gasteiger partial charge in [0.05, 0.1) is 11.3 Å². The number of hydrogen-bond donors (Lipinski definition) is 2. The Kier molecular flexibility index (Phi) is 4.99. The van der Waals surface area contributed by atoms with Crippen LogP contribution in [0.2, 0.25) is 0 Å². The lowest BCUT2D eigenvalue weighted by Crippen LogP contribution is -2.14. The molecule has 0 unspecified atom stereocenters. The number of alkyl halides is 6. The Labute approximate surface area is 159 Å². The molecule has 3 rings (SSSR count). The number of rotatable bonds is 3. The second kappa shape index (κ2) is 7.15. The number of nitrogens with one attached hydrogen (secondary N) is 1. The van der Waals surface area contributed by atoms with Crippen LogP contribution in [-0.2, 0) is 12.4 Å². The molecule has 29 heavy (non-hydrogen) atoms. The number of carbonyl (C=O) groups is 1. The molecule has 0 bridgehead atoms. The lowest BCUT2D eigenvalue weighted by atomic mass is 10.2. The monoisotopic (exact) mass is 415 g/mol. The van der Waals surface area contributed by atoms with Crippen molar-refractivity contribution in [3.63, 3.8) is 0 Å². The molecule has 1 heterocycles. The Morgan fingerprint density at radius 3 is 2.10 bits per heavy atom. The van der Waals surface area contributed by atoms with Gasteiger partial charge in [0, 0.05) is 11.8 Å². The van der Waals surface area contributed by atoms with Crippen LogP contribution in [0.4, 0.5) is 32.0 Å². The van der Waals surface area contributed by atoms with Crippen molar-refractivity contribution >= 4 is 11.6 Å². The molecule has 0 aliphatic carbocycles. The molecule has 0 radical (unpaired) electrons. The Morgan fingerprint density at radius 2 is 1.55 bits per heavy atom. The topological polar surface area (TPSA) is 67.2 Å². The number of anilines is 1. The Hall–Kier alpha value is -3.50. The number of phenols is 1. The van der Waals surface area contributed by atoms with Crippen molar-refractivity contribution < 1.29 is 36.2 Å². The van der Waals surface area contributed by atoms with E-state index in [9.17, 15) is 36.2 Å². The molecule has 1 aromatic heterocycles. The van der Waals surface area contributed by atoms with Gasteiger partial charge < -0.3 is 10.4 Å². The third kappa shape index (κ3) is 4.33. The maximum Gasteiger partial charge on any atom is 0.435 e. The highest BCUT2D eigenvalue weighted by Crippen LogP contribution is 2.36. The first-order valence-electron chi connectivity index (χ1n) is 7.91. The lowest BCUT2D eigenvalue weighted by molar-refractivity contribution is -0.143. The molecule has 2 aromatic carbocycles. The lowest BCUT2D eigenvalue weighted by Gasteiger charge is -2.11. The minimum absolute atomic E-state index is 0.0298. The SMILES string of the molecule is O=C(Nc1ccc(-n2nc(C(F)(F)F)cc2C(F)(F)F)cc1)c1ccccc1O. The number of halogens is 6.